The number of hydrogen-bond donors (Lipinski definition) is 2. The normalized spacial score (nSPS) is 24.8. The fraction of sp³-hybridized carbons (Fsp3) is 0.600. The third-order valence-electron chi connectivity index (χ3n) is 5.17. The molecule has 2 saturated heterocycles. The van der Waals surface area contributed by atoms with Gasteiger partial charge in [0.1, 0.15) is 0 Å². The molecule has 6 heteroatoms. The SMILES string of the molecule is C[C@H](NC(=O)c1ccc(C(=O)N[C@H](C)[C@H]2CCCO2)cc1)[C@H]1CCCO1. The van der Waals surface area contributed by atoms with E-state index in [0.29, 0.717) is 11.1 Å². The summed E-state index contributed by atoms with van der Waals surface area (Å²) in [6.45, 7) is 5.45. The van der Waals surface area contributed by atoms with Gasteiger partial charge in [-0.3, -0.25) is 9.59 Å². The molecule has 2 fully saturated rings. The zero-order chi connectivity index (χ0) is 18.5. The average Bonchev–Trinajstić information content (AvgIpc) is 3.35. The van der Waals surface area contributed by atoms with Crippen LogP contribution in [0, 0.1) is 0 Å². The zero-order valence-corrected chi connectivity index (χ0v) is 15.5. The van der Waals surface area contributed by atoms with Gasteiger partial charge >= 0.3 is 0 Å². The summed E-state index contributed by atoms with van der Waals surface area (Å²) in [6, 6.07) is 6.68. The Balaban J connectivity index is 1.53. The standard InChI is InChI=1S/C20H28N2O4/c1-13(17-5-3-11-25-17)21-19(23)15-7-9-16(10-8-15)20(24)22-14(2)18-6-4-12-26-18/h7-10,13-14,17-18H,3-6,11-12H2,1-2H3,(H,21,23)(H,22,24)/t13-,14+,17-,18-/m1/s1. The Morgan fingerprint density at radius 2 is 1.23 bits per heavy atom. The maximum absolute atomic E-state index is 12.4. The van der Waals surface area contributed by atoms with Gasteiger partial charge in [0.2, 0.25) is 0 Å². The first kappa shape index (κ1) is 18.9. The summed E-state index contributed by atoms with van der Waals surface area (Å²) in [7, 11) is 0. The maximum Gasteiger partial charge on any atom is 0.251 e. The molecule has 1 aromatic carbocycles. The molecule has 2 N–H and O–H groups in total. The van der Waals surface area contributed by atoms with Crippen LogP contribution in [-0.2, 0) is 9.47 Å². The minimum absolute atomic E-state index is 0.0276. The van der Waals surface area contributed by atoms with E-state index in [0.717, 1.165) is 38.9 Å². The number of benzene rings is 1. The summed E-state index contributed by atoms with van der Waals surface area (Å²) in [5.74, 6) is -0.291. The van der Waals surface area contributed by atoms with Crippen LogP contribution in [0.3, 0.4) is 0 Å². The molecule has 2 aliphatic rings. The van der Waals surface area contributed by atoms with Crippen molar-refractivity contribution in [2.45, 2.75) is 63.8 Å². The number of carbonyl (C=O) groups is 2. The molecule has 4 atom stereocenters. The molecule has 0 aliphatic carbocycles. The zero-order valence-electron chi connectivity index (χ0n) is 15.5. The van der Waals surface area contributed by atoms with Crippen LogP contribution in [0.2, 0.25) is 0 Å². The lowest BCUT2D eigenvalue weighted by molar-refractivity contribution is 0.0708. The van der Waals surface area contributed by atoms with E-state index in [4.69, 9.17) is 9.47 Å². The van der Waals surface area contributed by atoms with Crippen LogP contribution in [0.25, 0.3) is 0 Å². The number of ether oxygens (including phenoxy) is 2. The molecule has 0 unspecified atom stereocenters. The van der Waals surface area contributed by atoms with E-state index in [9.17, 15) is 9.59 Å². The molecule has 2 aliphatic heterocycles. The third kappa shape index (κ3) is 4.62. The van der Waals surface area contributed by atoms with Gasteiger partial charge in [0.25, 0.3) is 11.8 Å². The van der Waals surface area contributed by atoms with E-state index in [2.05, 4.69) is 10.6 Å². The van der Waals surface area contributed by atoms with Crippen molar-refractivity contribution in [2.75, 3.05) is 13.2 Å². The third-order valence-corrected chi connectivity index (χ3v) is 5.17. The Hall–Kier alpha value is -1.92. The first-order valence-electron chi connectivity index (χ1n) is 9.49. The molecule has 2 heterocycles. The Kier molecular flexibility index (Phi) is 6.27. The van der Waals surface area contributed by atoms with Crippen LogP contribution in [0.5, 0.6) is 0 Å². The second kappa shape index (κ2) is 8.64. The molecule has 2 amide bonds. The monoisotopic (exact) mass is 360 g/mol. The lowest BCUT2D eigenvalue weighted by Crippen LogP contribution is -2.41. The van der Waals surface area contributed by atoms with Crippen molar-refractivity contribution >= 4 is 11.8 Å². The van der Waals surface area contributed by atoms with Gasteiger partial charge in [-0.2, -0.15) is 0 Å². The highest BCUT2D eigenvalue weighted by atomic mass is 16.5. The molecule has 0 radical (unpaired) electrons. The number of carbonyl (C=O) groups excluding carboxylic acids is 2. The molecular formula is C20H28N2O4. The Labute approximate surface area is 154 Å². The van der Waals surface area contributed by atoms with Crippen molar-refractivity contribution in [1.29, 1.82) is 0 Å². The lowest BCUT2D eigenvalue weighted by Gasteiger charge is -2.20. The molecular weight excluding hydrogens is 332 g/mol. The fourth-order valence-corrected chi connectivity index (χ4v) is 3.53. The summed E-state index contributed by atoms with van der Waals surface area (Å²) in [5.41, 5.74) is 1.08. The second-order valence-corrected chi connectivity index (χ2v) is 7.20. The Morgan fingerprint density at radius 3 is 1.54 bits per heavy atom. The van der Waals surface area contributed by atoms with Gasteiger partial charge in [0, 0.05) is 24.3 Å². The van der Waals surface area contributed by atoms with Crippen molar-refractivity contribution in [3.8, 4) is 0 Å². The molecule has 0 bridgehead atoms. The van der Waals surface area contributed by atoms with E-state index in [1.165, 1.54) is 0 Å². The van der Waals surface area contributed by atoms with Gasteiger partial charge in [0.05, 0.1) is 24.3 Å². The smallest absolute Gasteiger partial charge is 0.251 e. The predicted octanol–water partition coefficient (Wildman–Crippen LogP) is 2.28. The van der Waals surface area contributed by atoms with E-state index < -0.39 is 0 Å². The lowest BCUT2D eigenvalue weighted by atomic mass is 10.1. The highest BCUT2D eigenvalue weighted by molar-refractivity contribution is 5.98. The van der Waals surface area contributed by atoms with Crippen molar-refractivity contribution in [2.24, 2.45) is 0 Å². The Morgan fingerprint density at radius 1 is 0.846 bits per heavy atom. The van der Waals surface area contributed by atoms with Crippen LogP contribution in [-0.4, -0.2) is 49.3 Å². The molecule has 0 spiro atoms. The van der Waals surface area contributed by atoms with Crippen molar-refractivity contribution in [3.63, 3.8) is 0 Å². The van der Waals surface area contributed by atoms with Crippen LogP contribution >= 0.6 is 0 Å². The van der Waals surface area contributed by atoms with Gasteiger partial charge in [-0.25, -0.2) is 0 Å². The number of amides is 2. The first-order chi connectivity index (χ1) is 12.5. The van der Waals surface area contributed by atoms with Crippen LogP contribution in [0.15, 0.2) is 24.3 Å². The van der Waals surface area contributed by atoms with Crippen molar-refractivity contribution < 1.29 is 19.1 Å². The largest absolute Gasteiger partial charge is 0.376 e. The van der Waals surface area contributed by atoms with Crippen LogP contribution in [0.1, 0.15) is 60.2 Å². The van der Waals surface area contributed by atoms with E-state index in [-0.39, 0.29) is 36.1 Å². The van der Waals surface area contributed by atoms with Gasteiger partial charge < -0.3 is 20.1 Å². The molecule has 6 nitrogen and oxygen atoms in total. The van der Waals surface area contributed by atoms with Gasteiger partial charge in [-0.05, 0) is 63.8 Å². The van der Waals surface area contributed by atoms with Gasteiger partial charge in [-0.15, -0.1) is 0 Å². The summed E-state index contributed by atoms with van der Waals surface area (Å²) in [5, 5.41) is 5.95. The first-order valence-corrected chi connectivity index (χ1v) is 9.49. The minimum Gasteiger partial charge on any atom is -0.376 e. The van der Waals surface area contributed by atoms with Crippen molar-refractivity contribution in [1.82, 2.24) is 10.6 Å². The fourth-order valence-electron chi connectivity index (χ4n) is 3.53. The Bertz CT molecular complexity index is 564. The van der Waals surface area contributed by atoms with Gasteiger partial charge in [-0.1, -0.05) is 0 Å². The predicted molar refractivity (Wildman–Crippen MR) is 98.2 cm³/mol. The average molecular weight is 360 g/mol. The van der Waals surface area contributed by atoms with Crippen LogP contribution < -0.4 is 10.6 Å². The molecule has 0 aromatic heterocycles. The summed E-state index contributed by atoms with van der Waals surface area (Å²) in [6.07, 6.45) is 4.21. The summed E-state index contributed by atoms with van der Waals surface area (Å²) >= 11 is 0. The summed E-state index contributed by atoms with van der Waals surface area (Å²) in [4.78, 5) is 24.7. The van der Waals surface area contributed by atoms with E-state index in [1.807, 2.05) is 13.8 Å². The molecule has 142 valence electrons. The highest BCUT2D eigenvalue weighted by Gasteiger charge is 2.25. The quantitative estimate of drug-likeness (QED) is 0.816. The number of hydrogen-bond acceptors (Lipinski definition) is 4. The maximum atomic E-state index is 12.4. The second-order valence-electron chi connectivity index (χ2n) is 7.20. The molecule has 26 heavy (non-hydrogen) atoms. The van der Waals surface area contributed by atoms with Crippen LogP contribution in [0.4, 0.5) is 0 Å². The molecule has 3 rings (SSSR count). The highest BCUT2D eigenvalue weighted by Crippen LogP contribution is 2.17. The minimum atomic E-state index is -0.146. The summed E-state index contributed by atoms with van der Waals surface area (Å²) < 4.78 is 11.2. The van der Waals surface area contributed by atoms with Crippen molar-refractivity contribution in [3.05, 3.63) is 35.4 Å². The molecule has 0 saturated carbocycles. The topological polar surface area (TPSA) is 76.7 Å². The van der Waals surface area contributed by atoms with Gasteiger partial charge in [0.15, 0.2) is 0 Å². The number of nitrogens with one attached hydrogen (secondary N) is 2. The van der Waals surface area contributed by atoms with E-state index in [1.54, 1.807) is 24.3 Å². The van der Waals surface area contributed by atoms with E-state index >= 15 is 0 Å². The molecule has 1 aromatic rings. The number of rotatable bonds is 6.